The van der Waals surface area contributed by atoms with E-state index in [1.807, 2.05) is 30.3 Å². The largest absolute Gasteiger partial charge is 0.270 e. The number of hydrogen-bond donors (Lipinski definition) is 0. The molecule has 0 saturated heterocycles. The summed E-state index contributed by atoms with van der Waals surface area (Å²) in [5.74, 6) is -0.257. The SMILES string of the molecule is CS(=O)(=O)OCC[C@@H](COS(C)(=O)=O)c1ccccc1. The van der Waals surface area contributed by atoms with Crippen molar-refractivity contribution < 1.29 is 25.2 Å². The molecule has 0 radical (unpaired) electrons. The van der Waals surface area contributed by atoms with Crippen LogP contribution in [0.2, 0.25) is 0 Å². The van der Waals surface area contributed by atoms with Crippen molar-refractivity contribution in [3.63, 3.8) is 0 Å². The van der Waals surface area contributed by atoms with Gasteiger partial charge in [-0.1, -0.05) is 30.3 Å². The molecule has 0 N–H and O–H groups in total. The minimum atomic E-state index is -3.54. The van der Waals surface area contributed by atoms with Gasteiger partial charge in [0.25, 0.3) is 20.2 Å². The van der Waals surface area contributed by atoms with Gasteiger partial charge in [-0.2, -0.15) is 16.8 Å². The number of benzene rings is 1. The van der Waals surface area contributed by atoms with Crippen LogP contribution in [0.1, 0.15) is 17.9 Å². The summed E-state index contributed by atoms with van der Waals surface area (Å²) in [7, 11) is -7.04. The Bertz CT molecular complexity index is 607. The average molecular weight is 322 g/mol. The maximum absolute atomic E-state index is 11.1. The van der Waals surface area contributed by atoms with Gasteiger partial charge in [0.15, 0.2) is 0 Å². The maximum Gasteiger partial charge on any atom is 0.264 e. The monoisotopic (exact) mass is 322 g/mol. The molecule has 1 aromatic rings. The second kappa shape index (κ2) is 7.16. The Labute approximate surface area is 120 Å². The van der Waals surface area contributed by atoms with Crippen LogP contribution in [-0.2, 0) is 28.6 Å². The van der Waals surface area contributed by atoms with Gasteiger partial charge in [0.05, 0.1) is 25.7 Å². The minimum absolute atomic E-state index is 0.0223. The van der Waals surface area contributed by atoms with Crippen LogP contribution in [0, 0.1) is 0 Å². The fourth-order valence-electron chi connectivity index (χ4n) is 1.62. The van der Waals surface area contributed by atoms with Crippen LogP contribution in [0.25, 0.3) is 0 Å². The lowest BCUT2D eigenvalue weighted by molar-refractivity contribution is 0.251. The van der Waals surface area contributed by atoms with Crippen LogP contribution < -0.4 is 0 Å². The van der Waals surface area contributed by atoms with E-state index in [9.17, 15) is 16.8 Å². The quantitative estimate of drug-likeness (QED) is 0.666. The molecular formula is C12H18O6S2. The van der Waals surface area contributed by atoms with E-state index in [2.05, 4.69) is 4.18 Å². The van der Waals surface area contributed by atoms with Crippen LogP contribution >= 0.6 is 0 Å². The van der Waals surface area contributed by atoms with Gasteiger partial charge in [0.1, 0.15) is 0 Å². The molecule has 0 spiro atoms. The highest BCUT2D eigenvalue weighted by molar-refractivity contribution is 7.86. The van der Waals surface area contributed by atoms with E-state index in [1.54, 1.807) is 0 Å². The zero-order chi connectivity index (χ0) is 15.2. The van der Waals surface area contributed by atoms with Crippen molar-refractivity contribution in [1.82, 2.24) is 0 Å². The Morgan fingerprint density at radius 2 is 1.50 bits per heavy atom. The van der Waals surface area contributed by atoms with Crippen LogP contribution in [0.4, 0.5) is 0 Å². The summed E-state index contributed by atoms with van der Waals surface area (Å²) >= 11 is 0. The van der Waals surface area contributed by atoms with E-state index in [0.29, 0.717) is 6.42 Å². The normalized spacial score (nSPS) is 14.1. The first-order chi connectivity index (χ1) is 9.17. The van der Waals surface area contributed by atoms with Gasteiger partial charge in [0, 0.05) is 5.92 Å². The van der Waals surface area contributed by atoms with Gasteiger partial charge < -0.3 is 0 Å². The molecule has 0 aliphatic carbocycles. The van der Waals surface area contributed by atoms with Crippen molar-refractivity contribution in [2.45, 2.75) is 12.3 Å². The van der Waals surface area contributed by atoms with Crippen LogP contribution in [0.5, 0.6) is 0 Å². The van der Waals surface area contributed by atoms with Crippen molar-refractivity contribution in [2.75, 3.05) is 25.7 Å². The molecule has 0 heterocycles. The van der Waals surface area contributed by atoms with Gasteiger partial charge in [-0.3, -0.25) is 8.37 Å². The fourth-order valence-corrected chi connectivity index (χ4v) is 2.43. The number of rotatable bonds is 8. The molecule has 1 rings (SSSR count). The predicted molar refractivity (Wildman–Crippen MR) is 75.4 cm³/mol. The molecule has 0 aliphatic heterocycles. The summed E-state index contributed by atoms with van der Waals surface area (Å²) in [6.45, 7) is -0.0680. The molecule has 8 heteroatoms. The standard InChI is InChI=1S/C12H18O6S2/c1-19(13,14)17-9-8-12(10-18-20(2,15)16)11-6-4-3-5-7-11/h3-7,12H,8-10H2,1-2H3/t12-/m0/s1. The summed E-state index contributed by atoms with van der Waals surface area (Å²) in [4.78, 5) is 0. The lowest BCUT2D eigenvalue weighted by Crippen LogP contribution is -2.15. The molecule has 20 heavy (non-hydrogen) atoms. The van der Waals surface area contributed by atoms with E-state index in [1.165, 1.54) is 0 Å². The van der Waals surface area contributed by atoms with Crippen molar-refractivity contribution in [2.24, 2.45) is 0 Å². The van der Waals surface area contributed by atoms with E-state index in [0.717, 1.165) is 18.1 Å². The zero-order valence-corrected chi connectivity index (χ0v) is 13.0. The molecule has 1 atom stereocenters. The molecule has 0 aromatic heterocycles. The first-order valence-electron chi connectivity index (χ1n) is 5.91. The third-order valence-electron chi connectivity index (χ3n) is 2.52. The molecule has 0 aliphatic rings. The van der Waals surface area contributed by atoms with E-state index in [-0.39, 0.29) is 19.1 Å². The van der Waals surface area contributed by atoms with Crippen LogP contribution in [0.15, 0.2) is 30.3 Å². The Balaban J connectivity index is 2.70. The summed E-state index contributed by atoms with van der Waals surface area (Å²) < 4.78 is 53.4. The molecule has 0 unspecified atom stereocenters. The molecule has 1 aromatic carbocycles. The molecular weight excluding hydrogens is 304 g/mol. The summed E-state index contributed by atoms with van der Waals surface area (Å²) in [6.07, 6.45) is 2.28. The van der Waals surface area contributed by atoms with Crippen molar-refractivity contribution in [3.8, 4) is 0 Å². The molecule has 0 fully saturated rings. The summed E-state index contributed by atoms with van der Waals surface area (Å²) in [5.41, 5.74) is 0.869. The van der Waals surface area contributed by atoms with Crippen molar-refractivity contribution >= 4 is 20.2 Å². The fraction of sp³-hybridized carbons (Fsp3) is 0.500. The van der Waals surface area contributed by atoms with Gasteiger partial charge in [-0.25, -0.2) is 0 Å². The van der Waals surface area contributed by atoms with E-state index >= 15 is 0 Å². The summed E-state index contributed by atoms with van der Waals surface area (Å²) in [6, 6.07) is 9.14. The maximum atomic E-state index is 11.1. The first-order valence-corrected chi connectivity index (χ1v) is 9.54. The molecule has 0 bridgehead atoms. The molecule has 6 nitrogen and oxygen atoms in total. The van der Waals surface area contributed by atoms with E-state index in [4.69, 9.17) is 4.18 Å². The smallest absolute Gasteiger partial charge is 0.264 e. The van der Waals surface area contributed by atoms with Gasteiger partial charge in [-0.15, -0.1) is 0 Å². The van der Waals surface area contributed by atoms with Crippen LogP contribution in [-0.4, -0.2) is 42.6 Å². The lowest BCUT2D eigenvalue weighted by atomic mass is 9.97. The minimum Gasteiger partial charge on any atom is -0.270 e. The molecule has 114 valence electrons. The Hall–Kier alpha value is -0.960. The average Bonchev–Trinajstić information content (AvgIpc) is 2.32. The van der Waals surface area contributed by atoms with Gasteiger partial charge in [-0.05, 0) is 12.0 Å². The first kappa shape index (κ1) is 17.1. The second-order valence-corrected chi connectivity index (χ2v) is 7.70. The summed E-state index contributed by atoms with van der Waals surface area (Å²) in [5, 5.41) is 0. The van der Waals surface area contributed by atoms with E-state index < -0.39 is 20.2 Å². The Kier molecular flexibility index (Phi) is 6.12. The predicted octanol–water partition coefficient (Wildman–Crippen LogP) is 1.11. The molecule has 0 amide bonds. The highest BCUT2D eigenvalue weighted by atomic mass is 32.2. The van der Waals surface area contributed by atoms with Crippen molar-refractivity contribution in [1.29, 1.82) is 0 Å². The lowest BCUT2D eigenvalue weighted by Gasteiger charge is -2.16. The van der Waals surface area contributed by atoms with Crippen LogP contribution in [0.3, 0.4) is 0 Å². The molecule has 0 saturated carbocycles. The van der Waals surface area contributed by atoms with Crippen molar-refractivity contribution in [3.05, 3.63) is 35.9 Å². The Morgan fingerprint density at radius 3 is 2.00 bits per heavy atom. The highest BCUT2D eigenvalue weighted by Gasteiger charge is 2.16. The van der Waals surface area contributed by atoms with Gasteiger partial charge >= 0.3 is 0 Å². The third kappa shape index (κ3) is 7.59. The third-order valence-corrected chi connectivity index (χ3v) is 3.68. The van der Waals surface area contributed by atoms with Gasteiger partial charge in [0.2, 0.25) is 0 Å². The highest BCUT2D eigenvalue weighted by Crippen LogP contribution is 2.21. The second-order valence-electron chi connectivity index (χ2n) is 4.41. The topological polar surface area (TPSA) is 86.7 Å². The Morgan fingerprint density at radius 1 is 0.950 bits per heavy atom. The zero-order valence-electron chi connectivity index (χ0n) is 11.4. The number of hydrogen-bond acceptors (Lipinski definition) is 6.